The predicted octanol–water partition coefficient (Wildman–Crippen LogP) is 1.96. The summed E-state index contributed by atoms with van der Waals surface area (Å²) in [6.45, 7) is 8.88. The summed E-state index contributed by atoms with van der Waals surface area (Å²) in [6, 6.07) is 0. The number of ether oxygens (including phenoxy) is 2. The van der Waals surface area contributed by atoms with Crippen molar-refractivity contribution in [3.63, 3.8) is 0 Å². The van der Waals surface area contributed by atoms with E-state index < -0.39 is 5.60 Å². The average Bonchev–Trinajstić information content (AvgIpc) is 2.74. The number of carbonyl (C=O) groups excluding carboxylic acids is 2. The highest BCUT2D eigenvalue weighted by Crippen LogP contribution is 2.06. The molecule has 0 atom stereocenters. The van der Waals surface area contributed by atoms with Gasteiger partial charge in [0, 0.05) is 12.6 Å². The van der Waals surface area contributed by atoms with Crippen molar-refractivity contribution in [2.24, 2.45) is 0 Å². The van der Waals surface area contributed by atoms with Gasteiger partial charge in [0.25, 0.3) is 0 Å². The number of rotatable bonds is 4. The summed E-state index contributed by atoms with van der Waals surface area (Å²) in [5.74, 6) is 0.636. The lowest BCUT2D eigenvalue weighted by molar-refractivity contribution is -0.115. The molecular weight excluding hydrogens is 260 g/mol. The molecule has 1 aliphatic heterocycles. The van der Waals surface area contributed by atoms with Crippen LogP contribution in [-0.2, 0) is 14.3 Å². The van der Waals surface area contributed by atoms with Gasteiger partial charge in [-0.25, -0.2) is 4.79 Å². The van der Waals surface area contributed by atoms with Crippen molar-refractivity contribution >= 4 is 12.0 Å². The third-order valence-electron chi connectivity index (χ3n) is 2.19. The third-order valence-corrected chi connectivity index (χ3v) is 2.19. The van der Waals surface area contributed by atoms with Crippen LogP contribution in [0, 0.1) is 0 Å². The molecule has 0 aromatic rings. The Morgan fingerprint density at radius 3 is 2.45 bits per heavy atom. The highest BCUT2D eigenvalue weighted by Gasteiger charge is 2.15. The minimum Gasteiger partial charge on any atom is -0.499 e. The van der Waals surface area contributed by atoms with Crippen LogP contribution >= 0.6 is 0 Å². The van der Waals surface area contributed by atoms with E-state index in [2.05, 4.69) is 17.6 Å². The molecule has 0 spiro atoms. The fraction of sp³-hybridized carbons (Fsp3) is 0.714. The lowest BCUT2D eigenvalue weighted by Gasteiger charge is -2.19. The highest BCUT2D eigenvalue weighted by atomic mass is 16.6. The van der Waals surface area contributed by atoms with E-state index in [1.54, 1.807) is 7.11 Å². The molecule has 6 nitrogen and oxygen atoms in total. The van der Waals surface area contributed by atoms with Crippen LogP contribution in [0.5, 0.6) is 0 Å². The summed E-state index contributed by atoms with van der Waals surface area (Å²) in [7, 11) is 1.55. The Morgan fingerprint density at radius 1 is 1.45 bits per heavy atom. The second-order valence-electron chi connectivity index (χ2n) is 5.31. The molecule has 1 aliphatic rings. The largest absolute Gasteiger partial charge is 0.499 e. The van der Waals surface area contributed by atoms with Crippen LogP contribution in [0.3, 0.4) is 0 Å². The molecule has 0 saturated heterocycles. The van der Waals surface area contributed by atoms with Crippen LogP contribution in [0.4, 0.5) is 4.79 Å². The van der Waals surface area contributed by atoms with Crippen molar-refractivity contribution in [1.29, 1.82) is 0 Å². The first kappa shape index (κ1) is 18.3. The Hall–Kier alpha value is -1.72. The van der Waals surface area contributed by atoms with E-state index in [1.807, 2.05) is 20.8 Å². The van der Waals surface area contributed by atoms with Crippen molar-refractivity contribution in [3.8, 4) is 0 Å². The van der Waals surface area contributed by atoms with E-state index in [0.717, 1.165) is 12.8 Å². The van der Waals surface area contributed by atoms with Gasteiger partial charge in [-0.05, 0) is 27.2 Å². The molecule has 2 N–H and O–H groups in total. The zero-order valence-electron chi connectivity index (χ0n) is 13.0. The topological polar surface area (TPSA) is 76.7 Å². The van der Waals surface area contributed by atoms with Crippen LogP contribution in [0.2, 0.25) is 0 Å². The Labute approximate surface area is 120 Å². The smallest absolute Gasteiger partial charge is 0.407 e. The molecule has 1 heterocycles. The lowest BCUT2D eigenvalue weighted by Crippen LogP contribution is -2.32. The number of amides is 2. The maximum absolute atomic E-state index is 11.0. The monoisotopic (exact) mass is 286 g/mol. The first-order valence-corrected chi connectivity index (χ1v) is 6.77. The van der Waals surface area contributed by atoms with Crippen molar-refractivity contribution in [2.45, 2.75) is 46.1 Å². The molecule has 0 bridgehead atoms. The molecule has 0 unspecified atom stereocenters. The average molecular weight is 286 g/mol. The summed E-state index contributed by atoms with van der Waals surface area (Å²) < 4.78 is 9.79. The number of hydrogen-bond acceptors (Lipinski definition) is 4. The molecule has 20 heavy (non-hydrogen) atoms. The van der Waals surface area contributed by atoms with Crippen LogP contribution in [0.1, 0.15) is 40.5 Å². The van der Waals surface area contributed by atoms with Crippen molar-refractivity contribution in [3.05, 3.63) is 11.8 Å². The van der Waals surface area contributed by atoms with Crippen molar-refractivity contribution in [2.75, 3.05) is 20.2 Å². The van der Waals surface area contributed by atoms with Gasteiger partial charge in [-0.2, -0.15) is 0 Å². The fourth-order valence-corrected chi connectivity index (χ4v) is 1.24. The fourth-order valence-electron chi connectivity index (χ4n) is 1.24. The maximum Gasteiger partial charge on any atom is 0.407 e. The number of nitrogens with one attached hydrogen (secondary N) is 2. The minimum absolute atomic E-state index is 0.0677. The SMILES string of the molecule is CCCCNC(=O)OC(C)(C)C.COC1=CC(=O)NC1. The standard InChI is InChI=1S/C9H19NO2.C5H7NO2/c1-5-6-7-10-8(11)12-9(2,3)4;1-8-4-2-5(7)6-3-4/h5-7H2,1-4H3,(H,10,11);2H,3H2,1H3,(H,6,7). The van der Waals surface area contributed by atoms with E-state index in [-0.39, 0.29) is 12.0 Å². The van der Waals surface area contributed by atoms with Gasteiger partial charge in [0.15, 0.2) is 0 Å². The molecule has 0 saturated carbocycles. The van der Waals surface area contributed by atoms with E-state index in [4.69, 9.17) is 9.47 Å². The molecule has 0 radical (unpaired) electrons. The molecule has 0 aromatic heterocycles. The second kappa shape index (κ2) is 9.23. The summed E-state index contributed by atoms with van der Waals surface area (Å²) in [5, 5.41) is 5.24. The summed E-state index contributed by atoms with van der Waals surface area (Å²) in [4.78, 5) is 21.3. The van der Waals surface area contributed by atoms with E-state index >= 15 is 0 Å². The maximum atomic E-state index is 11.0. The number of unbranched alkanes of at least 4 members (excludes halogenated alkanes) is 1. The van der Waals surface area contributed by atoms with E-state index in [9.17, 15) is 9.59 Å². The molecule has 2 amide bonds. The molecule has 6 heteroatoms. The van der Waals surface area contributed by atoms with Crippen molar-refractivity contribution in [1.82, 2.24) is 10.6 Å². The molecule has 0 fully saturated rings. The van der Waals surface area contributed by atoms with Crippen molar-refractivity contribution < 1.29 is 19.1 Å². The lowest BCUT2D eigenvalue weighted by atomic mass is 10.2. The molecular formula is C14H26N2O4. The summed E-state index contributed by atoms with van der Waals surface area (Å²) in [5.41, 5.74) is -0.393. The van der Waals surface area contributed by atoms with Gasteiger partial charge < -0.3 is 20.1 Å². The number of hydrogen-bond donors (Lipinski definition) is 2. The Bertz CT molecular complexity index is 346. The second-order valence-corrected chi connectivity index (χ2v) is 5.31. The van der Waals surface area contributed by atoms with Crippen LogP contribution < -0.4 is 10.6 Å². The minimum atomic E-state index is -0.393. The van der Waals surface area contributed by atoms with Crippen LogP contribution in [-0.4, -0.2) is 37.8 Å². The van der Waals surface area contributed by atoms with Gasteiger partial charge in [-0.3, -0.25) is 4.79 Å². The van der Waals surface area contributed by atoms with Gasteiger partial charge in [0.1, 0.15) is 11.4 Å². The Balaban J connectivity index is 0.000000388. The van der Waals surface area contributed by atoms with Gasteiger partial charge in [-0.15, -0.1) is 0 Å². The van der Waals surface area contributed by atoms with E-state index in [0.29, 0.717) is 18.8 Å². The summed E-state index contributed by atoms with van der Waals surface area (Å²) >= 11 is 0. The molecule has 0 aromatic carbocycles. The van der Waals surface area contributed by atoms with Gasteiger partial charge in [0.2, 0.25) is 5.91 Å². The third kappa shape index (κ3) is 10.2. The molecule has 116 valence electrons. The number of methoxy groups -OCH3 is 1. The Kier molecular flexibility index (Phi) is 8.43. The quantitative estimate of drug-likeness (QED) is 0.775. The normalized spacial score (nSPS) is 13.7. The molecule has 1 rings (SSSR count). The van der Waals surface area contributed by atoms with E-state index in [1.165, 1.54) is 6.08 Å². The van der Waals surface area contributed by atoms with Gasteiger partial charge in [0.05, 0.1) is 13.7 Å². The first-order valence-electron chi connectivity index (χ1n) is 6.77. The summed E-state index contributed by atoms with van der Waals surface area (Å²) in [6.07, 6.45) is 3.20. The number of alkyl carbamates (subject to hydrolysis) is 1. The first-order chi connectivity index (χ1) is 9.28. The van der Waals surface area contributed by atoms with Gasteiger partial charge in [-0.1, -0.05) is 13.3 Å². The van der Waals surface area contributed by atoms with Crippen LogP contribution in [0.25, 0.3) is 0 Å². The van der Waals surface area contributed by atoms with Crippen LogP contribution in [0.15, 0.2) is 11.8 Å². The predicted molar refractivity (Wildman–Crippen MR) is 77.2 cm³/mol. The Morgan fingerprint density at radius 2 is 2.10 bits per heavy atom. The molecule has 0 aliphatic carbocycles. The highest BCUT2D eigenvalue weighted by molar-refractivity contribution is 5.90. The zero-order valence-corrected chi connectivity index (χ0v) is 13.0. The zero-order chi connectivity index (χ0) is 15.6. The number of carbonyl (C=O) groups is 2. The van der Waals surface area contributed by atoms with Gasteiger partial charge >= 0.3 is 6.09 Å².